The molecule has 0 unspecified atom stereocenters. The van der Waals surface area contributed by atoms with Crippen LogP contribution in [0.15, 0.2) is 12.3 Å². The van der Waals surface area contributed by atoms with Crippen molar-refractivity contribution >= 4 is 23.0 Å². The predicted molar refractivity (Wildman–Crippen MR) is 29.9 cm³/mol. The van der Waals surface area contributed by atoms with E-state index in [2.05, 4.69) is 3.07 Å². The highest BCUT2D eigenvalue weighted by molar-refractivity contribution is 14.1. The molecular formula is C3H5IO. The minimum atomic E-state index is 1.61. The summed E-state index contributed by atoms with van der Waals surface area (Å²) in [5.74, 6) is 0. The minimum Gasteiger partial charge on any atom is -0.436 e. The molecule has 0 amide bonds. The van der Waals surface area contributed by atoms with Crippen molar-refractivity contribution in [3.8, 4) is 0 Å². The third-order valence-electron chi connectivity index (χ3n) is 0.188. The zero-order valence-electron chi connectivity index (χ0n) is 2.94. The molecule has 0 aliphatic heterocycles. The fraction of sp³-hybridized carbons (Fsp3) is 0.333. The smallest absolute Gasteiger partial charge is 0.191 e. The first-order chi connectivity index (χ1) is 2.41. The van der Waals surface area contributed by atoms with Crippen LogP contribution in [0.5, 0.6) is 0 Å². The molecule has 30 valence electrons. The highest BCUT2D eigenvalue weighted by Crippen LogP contribution is 1.83. The van der Waals surface area contributed by atoms with Crippen LogP contribution < -0.4 is 0 Å². The Balaban J connectivity index is 2.62. The predicted octanol–water partition coefficient (Wildman–Crippen LogP) is 1.89. The molecule has 0 aromatic carbocycles. The van der Waals surface area contributed by atoms with E-state index in [1.54, 1.807) is 29.3 Å². The zero-order valence-corrected chi connectivity index (χ0v) is 5.10. The molecule has 0 spiro atoms. The van der Waals surface area contributed by atoms with Gasteiger partial charge in [0.1, 0.15) is 0 Å². The summed E-state index contributed by atoms with van der Waals surface area (Å²) in [5, 5.41) is 0. The zero-order chi connectivity index (χ0) is 4.12. The normalized spacial score (nSPS) is 9.20. The van der Waals surface area contributed by atoms with Crippen LogP contribution in [-0.2, 0) is 3.07 Å². The van der Waals surface area contributed by atoms with Crippen molar-refractivity contribution < 1.29 is 3.07 Å². The van der Waals surface area contributed by atoms with Gasteiger partial charge in [0.2, 0.25) is 0 Å². The van der Waals surface area contributed by atoms with Crippen LogP contribution in [0.3, 0.4) is 0 Å². The second kappa shape index (κ2) is 4.27. The van der Waals surface area contributed by atoms with Gasteiger partial charge in [-0.2, -0.15) is 0 Å². The van der Waals surface area contributed by atoms with Gasteiger partial charge in [-0.3, -0.25) is 0 Å². The lowest BCUT2D eigenvalue weighted by Gasteiger charge is -1.71. The number of hydrogen-bond acceptors (Lipinski definition) is 1. The lowest BCUT2D eigenvalue weighted by Crippen LogP contribution is -1.43. The highest BCUT2D eigenvalue weighted by atomic mass is 127. The van der Waals surface area contributed by atoms with Crippen LogP contribution in [0.4, 0.5) is 0 Å². The van der Waals surface area contributed by atoms with E-state index in [0.717, 1.165) is 0 Å². The molecule has 0 aromatic rings. The number of rotatable bonds is 1. The molecule has 0 aromatic heterocycles. The van der Waals surface area contributed by atoms with Gasteiger partial charge in [-0.1, -0.05) is 6.08 Å². The van der Waals surface area contributed by atoms with Gasteiger partial charge in [0.15, 0.2) is 23.0 Å². The van der Waals surface area contributed by atoms with Gasteiger partial charge in [-0.25, -0.2) is 0 Å². The molecule has 0 atom stereocenters. The Kier molecular flexibility index (Phi) is 4.50. The maximum absolute atomic E-state index is 4.48. The molecule has 0 N–H and O–H groups in total. The van der Waals surface area contributed by atoms with E-state index in [0.29, 0.717) is 0 Å². The van der Waals surface area contributed by atoms with E-state index in [-0.39, 0.29) is 0 Å². The van der Waals surface area contributed by atoms with E-state index in [1.165, 1.54) is 0 Å². The molecule has 0 rings (SSSR count). The molecule has 2 heteroatoms. The van der Waals surface area contributed by atoms with Crippen molar-refractivity contribution in [3.05, 3.63) is 12.3 Å². The SMILES string of the molecule is CC=COI. The minimum absolute atomic E-state index is 1.61. The molecule has 0 saturated carbocycles. The van der Waals surface area contributed by atoms with Gasteiger partial charge in [-0.05, 0) is 6.92 Å². The van der Waals surface area contributed by atoms with Crippen LogP contribution in [0.25, 0.3) is 0 Å². The summed E-state index contributed by atoms with van der Waals surface area (Å²) in [6.45, 7) is 1.90. The molecule has 0 heterocycles. The van der Waals surface area contributed by atoms with Crippen molar-refractivity contribution in [2.75, 3.05) is 0 Å². The first-order valence-electron chi connectivity index (χ1n) is 1.30. The molecule has 0 fully saturated rings. The second-order valence-corrected chi connectivity index (χ2v) is 1.07. The molecule has 0 aliphatic rings. The summed E-state index contributed by atoms with van der Waals surface area (Å²) in [4.78, 5) is 0. The summed E-state index contributed by atoms with van der Waals surface area (Å²) in [5.41, 5.74) is 0. The summed E-state index contributed by atoms with van der Waals surface area (Å²) in [6, 6.07) is 0. The van der Waals surface area contributed by atoms with Crippen molar-refractivity contribution in [3.63, 3.8) is 0 Å². The van der Waals surface area contributed by atoms with Gasteiger partial charge < -0.3 is 3.07 Å². The Morgan fingerprint density at radius 2 is 2.40 bits per heavy atom. The number of hydrogen-bond donors (Lipinski definition) is 0. The summed E-state index contributed by atoms with van der Waals surface area (Å²) >= 11 is 1.80. The van der Waals surface area contributed by atoms with E-state index < -0.39 is 0 Å². The Labute approximate surface area is 45.7 Å². The van der Waals surface area contributed by atoms with Crippen molar-refractivity contribution in [2.45, 2.75) is 6.92 Å². The van der Waals surface area contributed by atoms with Gasteiger partial charge in [0, 0.05) is 0 Å². The molecule has 0 radical (unpaired) electrons. The topological polar surface area (TPSA) is 9.23 Å². The van der Waals surface area contributed by atoms with Gasteiger partial charge in [0.25, 0.3) is 0 Å². The summed E-state index contributed by atoms with van der Waals surface area (Å²) in [6.07, 6.45) is 3.44. The summed E-state index contributed by atoms with van der Waals surface area (Å²) in [7, 11) is 0. The largest absolute Gasteiger partial charge is 0.436 e. The van der Waals surface area contributed by atoms with E-state index >= 15 is 0 Å². The number of halogens is 1. The van der Waals surface area contributed by atoms with Crippen LogP contribution in [0, 0.1) is 0 Å². The quantitative estimate of drug-likeness (QED) is 0.446. The molecule has 0 aliphatic carbocycles. The van der Waals surface area contributed by atoms with Crippen LogP contribution in [0.2, 0.25) is 0 Å². The standard InChI is InChI=1S/C3H5IO/c1-2-3-5-4/h2-3H,1H3. The first-order valence-corrected chi connectivity index (χ1v) is 2.18. The molecular weight excluding hydrogens is 179 g/mol. The third kappa shape index (κ3) is 4.27. The van der Waals surface area contributed by atoms with Crippen LogP contribution in [-0.4, -0.2) is 0 Å². The Bertz CT molecular complexity index is 33.9. The molecule has 5 heavy (non-hydrogen) atoms. The van der Waals surface area contributed by atoms with E-state index in [4.69, 9.17) is 0 Å². The van der Waals surface area contributed by atoms with E-state index in [9.17, 15) is 0 Å². The van der Waals surface area contributed by atoms with E-state index in [1.807, 2.05) is 13.0 Å². The van der Waals surface area contributed by atoms with Crippen molar-refractivity contribution in [1.82, 2.24) is 0 Å². The number of allylic oxidation sites excluding steroid dienone is 1. The van der Waals surface area contributed by atoms with Crippen molar-refractivity contribution in [2.24, 2.45) is 0 Å². The van der Waals surface area contributed by atoms with Gasteiger partial charge in [-0.15, -0.1) is 0 Å². The first kappa shape index (κ1) is 5.27. The van der Waals surface area contributed by atoms with Crippen molar-refractivity contribution in [1.29, 1.82) is 0 Å². The third-order valence-corrected chi connectivity index (χ3v) is 0.481. The van der Waals surface area contributed by atoms with Gasteiger partial charge >= 0.3 is 0 Å². The average Bonchev–Trinajstić information content (AvgIpc) is 1.41. The Morgan fingerprint density at radius 3 is 2.40 bits per heavy atom. The Morgan fingerprint density at radius 1 is 1.80 bits per heavy atom. The maximum atomic E-state index is 4.48. The molecule has 0 bridgehead atoms. The lowest BCUT2D eigenvalue weighted by molar-refractivity contribution is 0.635. The average molecular weight is 184 g/mol. The maximum Gasteiger partial charge on any atom is 0.191 e. The lowest BCUT2D eigenvalue weighted by atomic mass is 10.8. The fourth-order valence-corrected chi connectivity index (χ4v) is 0.345. The molecule has 0 saturated heterocycles. The second-order valence-electron chi connectivity index (χ2n) is 0.559. The van der Waals surface area contributed by atoms with Crippen LogP contribution >= 0.6 is 23.0 Å². The Hall–Kier alpha value is 0.270. The van der Waals surface area contributed by atoms with Crippen LogP contribution in [0.1, 0.15) is 6.92 Å². The fourth-order valence-electron chi connectivity index (χ4n) is 0.0514. The summed E-state index contributed by atoms with van der Waals surface area (Å²) < 4.78 is 4.48. The molecule has 1 nitrogen and oxygen atoms in total. The monoisotopic (exact) mass is 184 g/mol. The van der Waals surface area contributed by atoms with Gasteiger partial charge in [0.05, 0.1) is 6.26 Å². The highest BCUT2D eigenvalue weighted by Gasteiger charge is 1.50.